The van der Waals surface area contributed by atoms with Crippen LogP contribution in [0.3, 0.4) is 0 Å². The van der Waals surface area contributed by atoms with Crippen LogP contribution in [-0.4, -0.2) is 4.98 Å². The van der Waals surface area contributed by atoms with Crippen LogP contribution >= 0.6 is 0 Å². The summed E-state index contributed by atoms with van der Waals surface area (Å²) < 4.78 is 0. The number of H-pyrrole nitrogens is 1. The van der Waals surface area contributed by atoms with Gasteiger partial charge in [-0.1, -0.05) is 32.0 Å². The Kier molecular flexibility index (Phi) is 1.65. The summed E-state index contributed by atoms with van der Waals surface area (Å²) in [6.07, 6.45) is 2.00. The predicted molar refractivity (Wildman–Crippen MR) is 54.5 cm³/mol. The van der Waals surface area contributed by atoms with Crippen LogP contribution in [0.4, 0.5) is 0 Å². The minimum atomic E-state index is 0. The van der Waals surface area contributed by atoms with E-state index in [0.29, 0.717) is 5.92 Å². The Bertz CT molecular complexity index is 390. The van der Waals surface area contributed by atoms with Crippen molar-refractivity contribution in [1.82, 2.24) is 4.98 Å². The average molecular weight is 161 g/mol. The molecule has 1 nitrogen and oxygen atoms in total. The van der Waals surface area contributed by atoms with Gasteiger partial charge in [0.25, 0.3) is 0 Å². The number of benzene rings is 1. The summed E-state index contributed by atoms with van der Waals surface area (Å²) in [6, 6.07) is 8.55. The van der Waals surface area contributed by atoms with Crippen molar-refractivity contribution in [2.45, 2.75) is 19.8 Å². The van der Waals surface area contributed by atoms with E-state index in [-0.39, 0.29) is 1.43 Å². The van der Waals surface area contributed by atoms with Crippen molar-refractivity contribution in [3.05, 3.63) is 36.0 Å². The lowest BCUT2D eigenvalue weighted by molar-refractivity contribution is 0.873. The summed E-state index contributed by atoms with van der Waals surface area (Å²) in [7, 11) is 0. The maximum absolute atomic E-state index is 3.27. The van der Waals surface area contributed by atoms with E-state index in [4.69, 9.17) is 0 Å². The lowest BCUT2D eigenvalue weighted by Crippen LogP contribution is -1.87. The van der Waals surface area contributed by atoms with E-state index in [1.54, 1.807) is 0 Å². The van der Waals surface area contributed by atoms with Crippen LogP contribution in [-0.2, 0) is 0 Å². The zero-order valence-corrected chi connectivity index (χ0v) is 7.46. The highest BCUT2D eigenvalue weighted by molar-refractivity contribution is 5.82. The Balaban J connectivity index is 0.000000845. The molecule has 0 aliphatic heterocycles. The first kappa shape index (κ1) is 7.41. The molecule has 1 aromatic carbocycles. The van der Waals surface area contributed by atoms with Gasteiger partial charge in [0.15, 0.2) is 0 Å². The standard InChI is InChI=1S/C11H13N.H2/c1-8(2)10-5-3-4-9-6-7-12-11(9)10;/h3-8,12H,1-2H3;1H. The maximum atomic E-state index is 3.27. The zero-order valence-electron chi connectivity index (χ0n) is 7.46. The number of fused-ring (bicyclic) bond motifs is 1. The number of hydrogen-bond acceptors (Lipinski definition) is 0. The molecular weight excluding hydrogens is 146 g/mol. The molecule has 0 atom stereocenters. The van der Waals surface area contributed by atoms with Crippen molar-refractivity contribution in [3.63, 3.8) is 0 Å². The minimum Gasteiger partial charge on any atom is -0.361 e. The van der Waals surface area contributed by atoms with E-state index in [9.17, 15) is 0 Å². The average Bonchev–Trinajstić information content (AvgIpc) is 2.49. The van der Waals surface area contributed by atoms with Crippen molar-refractivity contribution >= 4 is 10.9 Å². The first-order valence-corrected chi connectivity index (χ1v) is 4.35. The Morgan fingerprint density at radius 2 is 2.08 bits per heavy atom. The third-order valence-electron chi connectivity index (χ3n) is 2.24. The molecule has 0 aliphatic carbocycles. The topological polar surface area (TPSA) is 15.8 Å². The van der Waals surface area contributed by atoms with Crippen LogP contribution in [0.1, 0.15) is 26.8 Å². The first-order valence-electron chi connectivity index (χ1n) is 4.35. The van der Waals surface area contributed by atoms with Crippen LogP contribution in [0.5, 0.6) is 0 Å². The van der Waals surface area contributed by atoms with Gasteiger partial charge in [-0.15, -0.1) is 0 Å². The van der Waals surface area contributed by atoms with E-state index < -0.39 is 0 Å². The summed E-state index contributed by atoms with van der Waals surface area (Å²) >= 11 is 0. The molecule has 0 bridgehead atoms. The molecule has 0 amide bonds. The van der Waals surface area contributed by atoms with Crippen LogP contribution in [0, 0.1) is 0 Å². The number of hydrogen-bond donors (Lipinski definition) is 1. The second kappa shape index (κ2) is 2.67. The van der Waals surface area contributed by atoms with Gasteiger partial charge in [-0.25, -0.2) is 0 Å². The first-order chi connectivity index (χ1) is 5.79. The van der Waals surface area contributed by atoms with Crippen LogP contribution < -0.4 is 0 Å². The van der Waals surface area contributed by atoms with Gasteiger partial charge in [0.05, 0.1) is 0 Å². The molecule has 1 aromatic heterocycles. The Labute approximate surface area is 73.9 Å². The fourth-order valence-corrected chi connectivity index (χ4v) is 1.59. The van der Waals surface area contributed by atoms with Crippen LogP contribution in [0.15, 0.2) is 30.5 Å². The van der Waals surface area contributed by atoms with E-state index in [0.717, 1.165) is 0 Å². The Morgan fingerprint density at radius 3 is 2.83 bits per heavy atom. The number of rotatable bonds is 1. The zero-order chi connectivity index (χ0) is 8.55. The van der Waals surface area contributed by atoms with Crippen molar-refractivity contribution < 1.29 is 1.43 Å². The molecule has 0 saturated carbocycles. The molecule has 0 saturated heterocycles. The van der Waals surface area contributed by atoms with Gasteiger partial charge in [0, 0.05) is 13.1 Å². The fourth-order valence-electron chi connectivity index (χ4n) is 1.59. The second-order valence-electron chi connectivity index (χ2n) is 3.44. The molecule has 2 rings (SSSR count). The van der Waals surface area contributed by atoms with E-state index in [1.165, 1.54) is 16.5 Å². The molecule has 0 spiro atoms. The quantitative estimate of drug-likeness (QED) is 0.658. The van der Waals surface area contributed by atoms with Gasteiger partial charge in [0.2, 0.25) is 0 Å². The van der Waals surface area contributed by atoms with E-state index >= 15 is 0 Å². The number of nitrogens with one attached hydrogen (secondary N) is 1. The van der Waals surface area contributed by atoms with Crippen LogP contribution in [0.25, 0.3) is 10.9 Å². The monoisotopic (exact) mass is 161 g/mol. The van der Waals surface area contributed by atoms with Gasteiger partial charge in [-0.2, -0.15) is 0 Å². The Hall–Kier alpha value is -1.24. The molecule has 64 valence electrons. The third-order valence-corrected chi connectivity index (χ3v) is 2.24. The van der Waals surface area contributed by atoms with E-state index in [2.05, 4.69) is 43.1 Å². The number of aromatic nitrogens is 1. The summed E-state index contributed by atoms with van der Waals surface area (Å²) in [6.45, 7) is 4.44. The van der Waals surface area contributed by atoms with E-state index in [1.807, 2.05) is 6.20 Å². The van der Waals surface area contributed by atoms with Gasteiger partial charge in [0.1, 0.15) is 0 Å². The molecular formula is C11H15N. The van der Waals surface area contributed by atoms with Crippen molar-refractivity contribution in [3.8, 4) is 0 Å². The number of aromatic amines is 1. The number of para-hydroxylation sites is 1. The highest BCUT2D eigenvalue weighted by Gasteiger charge is 2.03. The summed E-state index contributed by atoms with van der Waals surface area (Å²) in [5.41, 5.74) is 2.69. The summed E-state index contributed by atoms with van der Waals surface area (Å²) in [4.78, 5) is 3.27. The minimum absolute atomic E-state index is 0. The summed E-state index contributed by atoms with van der Waals surface area (Å²) in [5, 5.41) is 1.31. The van der Waals surface area contributed by atoms with Crippen molar-refractivity contribution in [1.29, 1.82) is 0 Å². The lowest BCUT2D eigenvalue weighted by Gasteiger charge is -2.05. The maximum Gasteiger partial charge on any atom is 0.0489 e. The summed E-state index contributed by atoms with van der Waals surface area (Å²) in [5.74, 6) is 0.590. The molecule has 12 heavy (non-hydrogen) atoms. The molecule has 0 fully saturated rings. The predicted octanol–water partition coefficient (Wildman–Crippen LogP) is 3.54. The SMILES string of the molecule is CC(C)c1cccc2cc[nH]c12.[HH]. The van der Waals surface area contributed by atoms with Gasteiger partial charge in [-0.05, 0) is 22.9 Å². The fraction of sp³-hybridized carbons (Fsp3) is 0.273. The van der Waals surface area contributed by atoms with Crippen molar-refractivity contribution in [2.75, 3.05) is 0 Å². The van der Waals surface area contributed by atoms with Crippen LogP contribution in [0.2, 0.25) is 0 Å². The molecule has 0 aliphatic rings. The Morgan fingerprint density at radius 1 is 1.25 bits per heavy atom. The van der Waals surface area contributed by atoms with Gasteiger partial charge >= 0.3 is 0 Å². The largest absolute Gasteiger partial charge is 0.361 e. The molecule has 1 heterocycles. The molecule has 1 N–H and O–H groups in total. The highest BCUT2D eigenvalue weighted by Crippen LogP contribution is 2.23. The van der Waals surface area contributed by atoms with Gasteiger partial charge in [-0.3, -0.25) is 0 Å². The molecule has 2 aromatic rings. The second-order valence-corrected chi connectivity index (χ2v) is 3.44. The highest BCUT2D eigenvalue weighted by atomic mass is 14.7. The van der Waals surface area contributed by atoms with Crippen molar-refractivity contribution in [2.24, 2.45) is 0 Å². The smallest absolute Gasteiger partial charge is 0.0489 e. The molecule has 1 heteroatoms. The lowest BCUT2D eigenvalue weighted by atomic mass is 10.0. The molecule has 0 radical (unpaired) electrons. The third kappa shape index (κ3) is 1.02. The molecule has 0 unspecified atom stereocenters. The normalized spacial score (nSPS) is 11.2. The van der Waals surface area contributed by atoms with Gasteiger partial charge < -0.3 is 4.98 Å².